The molecule has 3 aromatic carbocycles. The molecule has 13 heteroatoms. The van der Waals surface area contributed by atoms with Crippen LogP contribution < -0.4 is 24.7 Å². The van der Waals surface area contributed by atoms with Crippen molar-refractivity contribution in [2.75, 3.05) is 41.9 Å². The maximum atomic E-state index is 13.2. The highest BCUT2D eigenvalue weighted by Gasteiger charge is 2.30. The Morgan fingerprint density at radius 3 is 2.21 bits per heavy atom. The van der Waals surface area contributed by atoms with E-state index < -0.39 is 39.9 Å². The number of imide groups is 1. The monoisotopic (exact) mass is 589 g/mol. The minimum absolute atomic E-state index is 0.0185. The molecular weight excluding hydrogens is 562 g/mol. The van der Waals surface area contributed by atoms with Crippen LogP contribution in [0.25, 0.3) is 10.8 Å². The van der Waals surface area contributed by atoms with Crippen LogP contribution in [0.1, 0.15) is 10.4 Å². The minimum Gasteiger partial charge on any atom is -0.377 e. The molecule has 0 spiro atoms. The molecule has 5 rings (SSSR count). The Labute approximate surface area is 241 Å². The third kappa shape index (κ3) is 5.40. The lowest BCUT2D eigenvalue weighted by molar-refractivity contribution is -0.120. The number of aliphatic hydroxyl groups excluding tert-OH is 1. The lowest BCUT2D eigenvalue weighted by atomic mass is 10.1. The highest BCUT2D eigenvalue weighted by atomic mass is 32.2. The van der Waals surface area contributed by atoms with Gasteiger partial charge in [0.25, 0.3) is 23.6 Å². The van der Waals surface area contributed by atoms with E-state index in [1.54, 1.807) is 18.2 Å². The molecule has 3 aromatic rings. The summed E-state index contributed by atoms with van der Waals surface area (Å²) < 4.78 is 28.8. The number of carbonyl (C=O) groups is 4. The van der Waals surface area contributed by atoms with E-state index in [0.29, 0.717) is 5.39 Å². The minimum atomic E-state index is -3.94. The average Bonchev–Trinajstić information content (AvgIpc) is 3.48. The molecule has 42 heavy (non-hydrogen) atoms. The van der Waals surface area contributed by atoms with Crippen molar-refractivity contribution in [3.63, 3.8) is 0 Å². The van der Waals surface area contributed by atoms with Gasteiger partial charge in [0.05, 0.1) is 10.6 Å². The summed E-state index contributed by atoms with van der Waals surface area (Å²) in [5.74, 6) is -2.46. The van der Waals surface area contributed by atoms with Gasteiger partial charge in [0.1, 0.15) is 0 Å². The number of hydrogen-bond acceptors (Lipinski definition) is 8. The van der Waals surface area contributed by atoms with Crippen molar-refractivity contribution in [1.82, 2.24) is 10.0 Å². The van der Waals surface area contributed by atoms with Crippen molar-refractivity contribution in [1.29, 1.82) is 0 Å². The first kappa shape index (κ1) is 28.7. The summed E-state index contributed by atoms with van der Waals surface area (Å²) >= 11 is 0. The highest BCUT2D eigenvalue weighted by molar-refractivity contribution is 7.89. The third-order valence-corrected chi connectivity index (χ3v) is 8.28. The van der Waals surface area contributed by atoms with E-state index in [1.165, 1.54) is 30.3 Å². The topological polar surface area (TPSA) is 156 Å². The van der Waals surface area contributed by atoms with Crippen molar-refractivity contribution in [2.45, 2.75) is 11.1 Å². The third-order valence-electron chi connectivity index (χ3n) is 6.76. The van der Waals surface area contributed by atoms with E-state index in [1.807, 2.05) is 31.1 Å². The lowest BCUT2D eigenvalue weighted by Gasteiger charge is -2.24. The molecule has 0 fully saturated rings. The maximum absolute atomic E-state index is 13.2. The molecule has 3 N–H and O–H groups in total. The quantitative estimate of drug-likeness (QED) is 0.249. The Kier molecular flexibility index (Phi) is 7.65. The number of rotatable bonds is 9. The first-order valence-corrected chi connectivity index (χ1v) is 14.3. The van der Waals surface area contributed by atoms with Crippen LogP contribution in [-0.2, 0) is 24.4 Å². The van der Waals surface area contributed by atoms with Gasteiger partial charge in [-0.05, 0) is 36.4 Å². The number of aliphatic hydroxyl groups is 1. The van der Waals surface area contributed by atoms with Gasteiger partial charge in [-0.3, -0.25) is 24.1 Å². The number of carbonyl (C=O) groups excluding carboxylic acids is 4. The smallest absolute Gasteiger partial charge is 0.258 e. The van der Waals surface area contributed by atoms with Gasteiger partial charge in [0.2, 0.25) is 10.0 Å². The number of sulfonamides is 1. The Balaban J connectivity index is 1.33. The van der Waals surface area contributed by atoms with Crippen LogP contribution in [0.15, 0.2) is 83.8 Å². The predicted octanol–water partition coefficient (Wildman–Crippen LogP) is 1.26. The van der Waals surface area contributed by atoms with E-state index in [0.717, 1.165) is 39.1 Å². The molecule has 2 heterocycles. The molecule has 1 atom stereocenters. The number of benzene rings is 3. The van der Waals surface area contributed by atoms with Gasteiger partial charge in [0, 0.05) is 73.1 Å². The summed E-state index contributed by atoms with van der Waals surface area (Å²) in [5.41, 5.74) is 0.959. The van der Waals surface area contributed by atoms with Crippen molar-refractivity contribution < 1.29 is 32.7 Å². The summed E-state index contributed by atoms with van der Waals surface area (Å²) in [5, 5.41) is 14.2. The number of amides is 4. The van der Waals surface area contributed by atoms with E-state index in [-0.39, 0.29) is 34.9 Å². The summed E-state index contributed by atoms with van der Waals surface area (Å²) in [6, 6.07) is 14.4. The van der Waals surface area contributed by atoms with Crippen LogP contribution in [0, 0.1) is 0 Å². The normalized spacial score (nSPS) is 16.6. The molecule has 0 aromatic heterocycles. The standard InChI is InChI=1S/C29H27N5O7S/c1-32(2)23-7-3-6-22-21(23)5-4-8-24(22)42(40,41)31-14-13-30-29(39)18-15-19(33-25(35)9-10-26(33)36)17-20(16-18)34-27(37)11-12-28(34)38/h3-12,15-17,25,31,35H,13-14H2,1-2H3,(H,30,39). The number of anilines is 3. The average molecular weight is 590 g/mol. The fourth-order valence-electron chi connectivity index (χ4n) is 4.82. The fraction of sp³-hybridized carbons (Fsp3) is 0.172. The SMILES string of the molecule is CN(C)c1cccc2c(S(=O)(=O)NCCNC(=O)c3cc(N4C(=O)C=CC4=O)cc(N4C(=O)C=CC4O)c3)cccc12. The van der Waals surface area contributed by atoms with E-state index in [2.05, 4.69) is 10.0 Å². The van der Waals surface area contributed by atoms with Crippen LogP contribution >= 0.6 is 0 Å². The molecule has 0 saturated heterocycles. The van der Waals surface area contributed by atoms with Crippen LogP contribution in [0.3, 0.4) is 0 Å². The number of fused-ring (bicyclic) bond motifs is 1. The second kappa shape index (κ2) is 11.2. The van der Waals surface area contributed by atoms with Crippen LogP contribution in [-0.4, -0.2) is 70.6 Å². The Hall–Kier alpha value is -4.85. The second-order valence-electron chi connectivity index (χ2n) is 9.74. The maximum Gasteiger partial charge on any atom is 0.258 e. The highest BCUT2D eigenvalue weighted by Crippen LogP contribution is 2.31. The summed E-state index contributed by atoms with van der Waals surface area (Å²) in [6.07, 6.45) is 3.27. The van der Waals surface area contributed by atoms with Gasteiger partial charge in [-0.15, -0.1) is 0 Å². The van der Waals surface area contributed by atoms with E-state index >= 15 is 0 Å². The Morgan fingerprint density at radius 2 is 1.55 bits per heavy atom. The zero-order valence-electron chi connectivity index (χ0n) is 22.6. The molecule has 1 unspecified atom stereocenters. The molecule has 2 aliphatic heterocycles. The van der Waals surface area contributed by atoms with Gasteiger partial charge >= 0.3 is 0 Å². The first-order valence-electron chi connectivity index (χ1n) is 12.9. The van der Waals surface area contributed by atoms with Crippen LogP contribution in [0.5, 0.6) is 0 Å². The molecule has 12 nitrogen and oxygen atoms in total. The van der Waals surface area contributed by atoms with Gasteiger partial charge in [-0.1, -0.05) is 24.3 Å². The van der Waals surface area contributed by atoms with Crippen molar-refractivity contribution >= 4 is 61.5 Å². The molecule has 4 amide bonds. The van der Waals surface area contributed by atoms with Gasteiger partial charge in [-0.25, -0.2) is 18.0 Å². The molecule has 0 bridgehead atoms. The summed E-state index contributed by atoms with van der Waals surface area (Å²) in [7, 11) is -0.199. The van der Waals surface area contributed by atoms with E-state index in [4.69, 9.17) is 0 Å². The largest absolute Gasteiger partial charge is 0.377 e. The number of nitrogens with zero attached hydrogens (tertiary/aromatic N) is 3. The molecule has 0 aliphatic carbocycles. The molecule has 0 saturated carbocycles. The summed E-state index contributed by atoms with van der Waals surface area (Å²) in [4.78, 5) is 53.8. The van der Waals surface area contributed by atoms with Crippen molar-refractivity contribution in [3.8, 4) is 0 Å². The predicted molar refractivity (Wildman–Crippen MR) is 157 cm³/mol. The first-order chi connectivity index (χ1) is 20.0. The van der Waals surface area contributed by atoms with Crippen molar-refractivity contribution in [3.05, 3.63) is 84.5 Å². The second-order valence-corrected chi connectivity index (χ2v) is 11.5. The summed E-state index contributed by atoms with van der Waals surface area (Å²) in [6.45, 7) is -0.230. The zero-order chi connectivity index (χ0) is 30.2. The molecular formula is C29H27N5O7S. The van der Waals surface area contributed by atoms with E-state index in [9.17, 15) is 32.7 Å². The van der Waals surface area contributed by atoms with Crippen LogP contribution in [0.2, 0.25) is 0 Å². The zero-order valence-corrected chi connectivity index (χ0v) is 23.5. The molecule has 216 valence electrons. The number of nitrogens with one attached hydrogen (secondary N) is 2. The van der Waals surface area contributed by atoms with Crippen LogP contribution in [0.4, 0.5) is 17.1 Å². The molecule has 0 radical (unpaired) electrons. The fourth-order valence-corrected chi connectivity index (χ4v) is 6.08. The van der Waals surface area contributed by atoms with Gasteiger partial charge in [-0.2, -0.15) is 0 Å². The van der Waals surface area contributed by atoms with Gasteiger partial charge in [0.15, 0.2) is 6.23 Å². The molecule has 2 aliphatic rings. The van der Waals surface area contributed by atoms with Gasteiger partial charge < -0.3 is 15.3 Å². The Bertz CT molecular complexity index is 1780. The lowest BCUT2D eigenvalue weighted by Crippen LogP contribution is -2.36. The Morgan fingerprint density at radius 1 is 0.881 bits per heavy atom. The number of hydrogen-bond donors (Lipinski definition) is 3. The van der Waals surface area contributed by atoms with Crippen molar-refractivity contribution in [2.24, 2.45) is 0 Å².